The Morgan fingerprint density at radius 2 is 1.66 bits per heavy atom. The summed E-state index contributed by atoms with van der Waals surface area (Å²) in [5.41, 5.74) is 6.01. The smallest absolute Gasteiger partial charge is 0.299 e. The van der Waals surface area contributed by atoms with Gasteiger partial charge in [-0.25, -0.2) is 23.4 Å². The number of hydrogen-bond acceptors (Lipinski definition) is 6. The van der Waals surface area contributed by atoms with Crippen LogP contribution >= 0.6 is 46.4 Å². The molecule has 9 nitrogen and oxygen atoms in total. The third-order valence-electron chi connectivity index (χ3n) is 6.81. The van der Waals surface area contributed by atoms with E-state index in [0.717, 1.165) is 22.6 Å². The lowest BCUT2D eigenvalue weighted by Crippen LogP contribution is -2.36. The van der Waals surface area contributed by atoms with E-state index in [-0.39, 0.29) is 60.6 Å². The first-order chi connectivity index (χ1) is 20.7. The summed E-state index contributed by atoms with van der Waals surface area (Å²) in [5, 5.41) is 4.61. The van der Waals surface area contributed by atoms with E-state index in [1.807, 2.05) is 26.0 Å². The Morgan fingerprint density at radius 1 is 0.977 bits per heavy atom. The van der Waals surface area contributed by atoms with Crippen molar-refractivity contribution in [1.82, 2.24) is 5.43 Å². The molecule has 232 valence electrons. The number of sulfone groups is 1. The molecule has 44 heavy (non-hydrogen) atoms. The number of nitrogens with one attached hydrogen (secondary N) is 2. The fourth-order valence-corrected chi connectivity index (χ4v) is 6.50. The predicted molar refractivity (Wildman–Crippen MR) is 181 cm³/mol. The number of carbonyl (C=O) groups is 2. The Morgan fingerprint density at radius 3 is 2.25 bits per heavy atom. The van der Waals surface area contributed by atoms with E-state index in [4.69, 9.17) is 51.4 Å². The maximum Gasteiger partial charge on any atom is 0.299 e. The fourth-order valence-electron chi connectivity index (χ4n) is 4.64. The number of amides is 2. The van der Waals surface area contributed by atoms with E-state index in [0.29, 0.717) is 17.8 Å². The van der Waals surface area contributed by atoms with Gasteiger partial charge in [0, 0.05) is 23.9 Å². The predicted octanol–water partition coefficient (Wildman–Crippen LogP) is 7.85. The van der Waals surface area contributed by atoms with E-state index >= 15 is 0 Å². The zero-order valence-electron chi connectivity index (χ0n) is 24.2. The topological polar surface area (TPSA) is 120 Å². The minimum absolute atomic E-state index is 0.0414. The largest absolute Gasteiger partial charge is 0.326 e. The van der Waals surface area contributed by atoms with Crippen molar-refractivity contribution in [3.05, 3.63) is 79.7 Å². The number of halogens is 4. The van der Waals surface area contributed by atoms with Gasteiger partial charge in [-0.1, -0.05) is 65.5 Å². The van der Waals surface area contributed by atoms with Gasteiger partial charge in [0.15, 0.2) is 11.5 Å². The number of amidine groups is 1. The Labute approximate surface area is 276 Å². The van der Waals surface area contributed by atoms with E-state index < -0.39 is 15.7 Å². The molecule has 1 fully saturated rings. The van der Waals surface area contributed by atoms with Crippen LogP contribution in [0.2, 0.25) is 20.1 Å². The third-order valence-corrected chi connectivity index (χ3v) is 8.90. The zero-order chi connectivity index (χ0) is 32.3. The van der Waals surface area contributed by atoms with Gasteiger partial charge in [0.05, 0.1) is 32.2 Å². The maximum atomic E-state index is 13.9. The molecular formula is C30H29Cl4N5O4S. The molecule has 1 unspecified atom stereocenters. The average Bonchev–Trinajstić information content (AvgIpc) is 3.20. The van der Waals surface area contributed by atoms with Gasteiger partial charge < -0.3 is 5.32 Å². The molecule has 2 N–H and O–H groups in total. The van der Waals surface area contributed by atoms with Gasteiger partial charge in [0.1, 0.15) is 15.5 Å². The Hall–Kier alpha value is -3.15. The number of benzene rings is 3. The van der Waals surface area contributed by atoms with Gasteiger partial charge in [-0.3, -0.25) is 15.0 Å². The van der Waals surface area contributed by atoms with Crippen molar-refractivity contribution >= 4 is 102 Å². The van der Waals surface area contributed by atoms with Crippen molar-refractivity contribution in [2.24, 2.45) is 9.98 Å². The van der Waals surface area contributed by atoms with Crippen molar-refractivity contribution in [2.75, 3.05) is 22.3 Å². The molecule has 1 heterocycles. The van der Waals surface area contributed by atoms with Crippen molar-refractivity contribution in [1.29, 1.82) is 0 Å². The molecule has 3 aromatic carbocycles. The van der Waals surface area contributed by atoms with E-state index in [1.165, 1.54) is 25.3 Å². The molecular weight excluding hydrogens is 668 g/mol. The van der Waals surface area contributed by atoms with Crippen LogP contribution in [-0.4, -0.2) is 43.8 Å². The summed E-state index contributed by atoms with van der Waals surface area (Å²) in [7, 11) is -3.10. The molecule has 0 spiro atoms. The number of hydrazine groups is 1. The highest BCUT2D eigenvalue weighted by atomic mass is 35.5. The number of rotatable bonds is 9. The van der Waals surface area contributed by atoms with Crippen LogP contribution in [0, 0.1) is 6.92 Å². The summed E-state index contributed by atoms with van der Waals surface area (Å²) in [6.45, 7) is 5.24. The molecule has 1 aliphatic rings. The molecule has 1 aliphatic heterocycles. The number of carbonyl (C=O) groups excluding carboxylic acids is 2. The molecule has 0 radical (unpaired) electrons. The van der Waals surface area contributed by atoms with Crippen LogP contribution in [-0.2, 0) is 19.4 Å². The highest BCUT2D eigenvalue weighted by Crippen LogP contribution is 2.38. The second kappa shape index (κ2) is 13.9. The van der Waals surface area contributed by atoms with Crippen LogP contribution in [0.3, 0.4) is 0 Å². The first kappa shape index (κ1) is 33.7. The van der Waals surface area contributed by atoms with Gasteiger partial charge >= 0.3 is 0 Å². The van der Waals surface area contributed by atoms with Crippen molar-refractivity contribution in [3.8, 4) is 0 Å². The summed E-state index contributed by atoms with van der Waals surface area (Å²) in [4.78, 5) is 34.8. The first-order valence-electron chi connectivity index (χ1n) is 13.5. The summed E-state index contributed by atoms with van der Waals surface area (Å²) in [6.07, 6.45) is 2.49. The monoisotopic (exact) mass is 695 g/mol. The Kier molecular flexibility index (Phi) is 10.6. The fraction of sp³-hybridized carbons (Fsp3) is 0.267. The highest BCUT2D eigenvalue weighted by molar-refractivity contribution is 7.90. The molecule has 0 aromatic heterocycles. The lowest BCUT2D eigenvalue weighted by Gasteiger charge is -2.18. The molecule has 2 amide bonds. The zero-order valence-corrected chi connectivity index (χ0v) is 28.1. The van der Waals surface area contributed by atoms with Crippen LogP contribution in [0.25, 0.3) is 0 Å². The summed E-state index contributed by atoms with van der Waals surface area (Å²) in [6, 6.07) is 13.3. The average molecular weight is 697 g/mol. The lowest BCUT2D eigenvalue weighted by molar-refractivity contribution is -0.114. The third kappa shape index (κ3) is 8.11. The van der Waals surface area contributed by atoms with Crippen molar-refractivity contribution in [2.45, 2.75) is 39.5 Å². The Bertz CT molecular complexity index is 1790. The first-order valence-corrected chi connectivity index (χ1v) is 17.0. The van der Waals surface area contributed by atoms with Gasteiger partial charge in [0.2, 0.25) is 5.91 Å². The Balaban J connectivity index is 1.81. The van der Waals surface area contributed by atoms with Crippen molar-refractivity contribution < 1.29 is 18.0 Å². The van der Waals surface area contributed by atoms with Gasteiger partial charge in [0.25, 0.3) is 5.91 Å². The number of nitrogens with zero attached hydrogens (tertiary/aromatic N) is 3. The van der Waals surface area contributed by atoms with Gasteiger partial charge in [-0.2, -0.15) is 0 Å². The van der Waals surface area contributed by atoms with E-state index in [9.17, 15) is 18.0 Å². The molecule has 0 saturated carbocycles. The minimum Gasteiger partial charge on any atom is -0.326 e. The lowest BCUT2D eigenvalue weighted by atomic mass is 9.92. The molecule has 1 atom stereocenters. The van der Waals surface area contributed by atoms with Crippen LogP contribution in [0.1, 0.15) is 43.7 Å². The molecule has 4 rings (SSSR count). The van der Waals surface area contributed by atoms with E-state index in [2.05, 4.69) is 15.7 Å². The molecule has 0 aliphatic carbocycles. The molecule has 14 heteroatoms. The van der Waals surface area contributed by atoms with Gasteiger partial charge in [-0.05, 0) is 73.2 Å². The summed E-state index contributed by atoms with van der Waals surface area (Å²) in [5.74, 6) is -0.679. The second-order valence-corrected chi connectivity index (χ2v) is 14.2. The van der Waals surface area contributed by atoms with Crippen LogP contribution < -0.4 is 15.8 Å². The number of anilines is 2. The molecule has 0 bridgehead atoms. The van der Waals surface area contributed by atoms with Crippen LogP contribution in [0.15, 0.2) is 58.5 Å². The standard InChI is InChI=1S/C30H29Cl4N5O4S/c1-5-18(10-11-44(4,42)43)19-6-9-25(16(2)12-19)36-27-29(37-26-15-21(35-17(3)40)7-8-22(26)32)38-39(30(27)41)28-23(33)13-20(31)14-24(28)34/h6-9,12-15,18H,5,10-11H2,1-4H3,(H,35,40)(H,37,38). The number of aryl methyl sites for hydroxylation is 1. The highest BCUT2D eigenvalue weighted by Gasteiger charge is 2.37. The summed E-state index contributed by atoms with van der Waals surface area (Å²) < 4.78 is 23.5. The SMILES string of the molecule is CCC(CCS(C)(=O)=O)c1ccc(N=C2C(=O)N(c3c(Cl)cc(Cl)cc3Cl)NC2=Nc2cc(NC(C)=O)ccc2Cl)c(C)c1. The van der Waals surface area contributed by atoms with E-state index in [1.54, 1.807) is 24.3 Å². The second-order valence-electron chi connectivity index (χ2n) is 10.3. The number of aliphatic imine (C=N–C) groups is 2. The van der Waals surface area contributed by atoms with Crippen LogP contribution in [0.4, 0.5) is 22.7 Å². The van der Waals surface area contributed by atoms with Crippen LogP contribution in [0.5, 0.6) is 0 Å². The normalized spacial score (nSPS) is 16.0. The van der Waals surface area contributed by atoms with Gasteiger partial charge in [-0.15, -0.1) is 0 Å². The minimum atomic E-state index is -3.10. The summed E-state index contributed by atoms with van der Waals surface area (Å²) >= 11 is 25.4. The van der Waals surface area contributed by atoms with Crippen molar-refractivity contribution in [3.63, 3.8) is 0 Å². The maximum absolute atomic E-state index is 13.9. The molecule has 1 saturated heterocycles. The quantitative estimate of drug-likeness (QED) is 0.236. The molecule has 3 aromatic rings. The number of hydrogen-bond donors (Lipinski definition) is 2.